The maximum Gasteiger partial charge on any atom is 0.410 e. The Kier molecular flexibility index (Phi) is 7.88. The first-order chi connectivity index (χ1) is 21.6. The Bertz CT molecular complexity index is 1830. The fraction of sp³-hybridized carbons (Fsp3) is 0.375. The molecule has 1 aromatic carbocycles. The van der Waals surface area contributed by atoms with E-state index in [0.29, 0.717) is 55.7 Å². The molecule has 1 saturated heterocycles. The highest BCUT2D eigenvalue weighted by atomic mass is 16.6. The molecule has 0 spiro atoms. The Morgan fingerprint density at radius 3 is 2.27 bits per heavy atom. The van der Waals surface area contributed by atoms with Crippen molar-refractivity contribution >= 4 is 28.5 Å². The molecule has 13 heteroatoms. The molecule has 1 fully saturated rings. The third-order valence-corrected chi connectivity index (χ3v) is 7.93. The molecular formula is C32H36N10O3. The van der Waals surface area contributed by atoms with Gasteiger partial charge in [0.25, 0.3) is 5.56 Å². The molecule has 4 aromatic heterocycles. The highest BCUT2D eigenvalue weighted by Gasteiger charge is 2.41. The van der Waals surface area contributed by atoms with Crippen molar-refractivity contribution in [3.8, 4) is 6.07 Å². The van der Waals surface area contributed by atoms with E-state index in [1.807, 2.05) is 77.5 Å². The number of H-pyrrole nitrogens is 1. The van der Waals surface area contributed by atoms with Gasteiger partial charge in [-0.3, -0.25) is 18.8 Å². The maximum atomic E-state index is 13.3. The molecule has 232 valence electrons. The second kappa shape index (κ2) is 12.0. The van der Waals surface area contributed by atoms with Gasteiger partial charge in [0.05, 0.1) is 36.6 Å². The van der Waals surface area contributed by atoms with Crippen LogP contribution in [0.15, 0.2) is 72.2 Å². The lowest BCUT2D eigenvalue weighted by atomic mass is 9.85. The lowest BCUT2D eigenvalue weighted by Gasteiger charge is -2.41. The van der Waals surface area contributed by atoms with Crippen LogP contribution in [0.4, 0.5) is 16.3 Å². The van der Waals surface area contributed by atoms with E-state index in [0.717, 1.165) is 16.8 Å². The van der Waals surface area contributed by atoms with E-state index < -0.39 is 11.1 Å². The lowest BCUT2D eigenvalue weighted by molar-refractivity contribution is 0.0110. The molecule has 2 N–H and O–H groups in total. The van der Waals surface area contributed by atoms with Gasteiger partial charge in [0.1, 0.15) is 11.0 Å². The van der Waals surface area contributed by atoms with E-state index in [4.69, 9.17) is 9.84 Å². The number of aromatic nitrogens is 7. The zero-order valence-electron chi connectivity index (χ0n) is 25.6. The molecule has 5 heterocycles. The van der Waals surface area contributed by atoms with Crippen LogP contribution in [-0.2, 0) is 23.4 Å². The van der Waals surface area contributed by atoms with Crippen molar-refractivity contribution in [2.75, 3.05) is 18.4 Å². The van der Waals surface area contributed by atoms with E-state index in [2.05, 4.69) is 32.6 Å². The van der Waals surface area contributed by atoms with Crippen LogP contribution in [0.5, 0.6) is 0 Å². The predicted molar refractivity (Wildman–Crippen MR) is 168 cm³/mol. The standard InChI is InChI=1S/C32H36N10O3/c1-31(2,3)45-30(44)39-16-8-32(7-10-33,9-17-39)42-26-6-13-34-29(43)27(26)28(38-42)37-25-19-23(21-40-14-4-11-35-40)18-24(20-25)22-41-15-5-12-36-41/h4-6,11-15,18-20H,7-9,16-17,21-22H2,1-3H3,(H,34,43)(H,37,38). The smallest absolute Gasteiger partial charge is 0.410 e. The Balaban J connectivity index is 1.36. The molecule has 0 aliphatic carbocycles. The van der Waals surface area contributed by atoms with Crippen molar-refractivity contribution in [3.63, 3.8) is 0 Å². The molecule has 45 heavy (non-hydrogen) atoms. The van der Waals surface area contributed by atoms with E-state index in [9.17, 15) is 14.9 Å². The molecule has 0 bridgehead atoms. The van der Waals surface area contributed by atoms with E-state index in [1.165, 1.54) is 0 Å². The molecule has 0 atom stereocenters. The number of pyridine rings is 1. The highest BCUT2D eigenvalue weighted by Crippen LogP contribution is 2.38. The summed E-state index contributed by atoms with van der Waals surface area (Å²) < 4.78 is 11.1. The van der Waals surface area contributed by atoms with Crippen LogP contribution >= 0.6 is 0 Å². The van der Waals surface area contributed by atoms with Crippen LogP contribution < -0.4 is 10.9 Å². The van der Waals surface area contributed by atoms with Crippen molar-refractivity contribution < 1.29 is 9.53 Å². The number of hydrogen-bond acceptors (Lipinski definition) is 8. The summed E-state index contributed by atoms with van der Waals surface area (Å²) in [5, 5.41) is 27.4. The number of ether oxygens (including phenoxy) is 1. The lowest BCUT2D eigenvalue weighted by Crippen LogP contribution is -2.49. The first kappa shape index (κ1) is 29.7. The summed E-state index contributed by atoms with van der Waals surface area (Å²) in [6.45, 7) is 7.43. The number of aromatic amines is 1. The minimum Gasteiger partial charge on any atom is -0.444 e. The van der Waals surface area contributed by atoms with Gasteiger partial charge < -0.3 is 19.9 Å². The number of benzene rings is 1. The van der Waals surface area contributed by atoms with Crippen molar-refractivity contribution in [1.82, 2.24) is 39.2 Å². The largest absolute Gasteiger partial charge is 0.444 e. The fourth-order valence-corrected chi connectivity index (χ4v) is 5.89. The molecule has 0 unspecified atom stereocenters. The number of carbonyl (C=O) groups excluding carboxylic acids is 1. The Morgan fingerprint density at radius 2 is 1.71 bits per heavy atom. The average molecular weight is 609 g/mol. The van der Waals surface area contributed by atoms with Gasteiger partial charge in [0.15, 0.2) is 5.82 Å². The zero-order chi connectivity index (χ0) is 31.6. The molecule has 1 amide bonds. The number of likely N-dealkylation sites (tertiary alicyclic amines) is 1. The summed E-state index contributed by atoms with van der Waals surface area (Å²) in [5.74, 6) is 0.389. The van der Waals surface area contributed by atoms with Crippen LogP contribution in [0.25, 0.3) is 10.9 Å². The van der Waals surface area contributed by atoms with E-state index in [1.54, 1.807) is 23.5 Å². The third kappa shape index (κ3) is 6.45. The Labute approximate surface area is 260 Å². The number of nitrogens with zero attached hydrogens (tertiary/aromatic N) is 8. The number of nitrogens with one attached hydrogen (secondary N) is 2. The molecule has 1 aliphatic heterocycles. The minimum absolute atomic E-state index is 0.172. The zero-order valence-corrected chi connectivity index (χ0v) is 25.6. The first-order valence-corrected chi connectivity index (χ1v) is 14.9. The average Bonchev–Trinajstić information content (AvgIpc) is 3.76. The monoisotopic (exact) mass is 608 g/mol. The molecule has 0 saturated carbocycles. The third-order valence-electron chi connectivity index (χ3n) is 7.93. The summed E-state index contributed by atoms with van der Waals surface area (Å²) in [4.78, 5) is 30.5. The van der Waals surface area contributed by atoms with Gasteiger partial charge in [-0.05, 0) is 75.1 Å². The van der Waals surface area contributed by atoms with Crippen molar-refractivity contribution in [2.45, 2.75) is 64.3 Å². The number of piperidine rings is 1. The van der Waals surface area contributed by atoms with Crippen LogP contribution in [0, 0.1) is 11.3 Å². The Morgan fingerprint density at radius 1 is 1.07 bits per heavy atom. The Hall–Kier alpha value is -5.38. The predicted octanol–water partition coefficient (Wildman–Crippen LogP) is 4.60. The number of nitriles is 1. The van der Waals surface area contributed by atoms with Crippen LogP contribution in [0.2, 0.25) is 0 Å². The summed E-state index contributed by atoms with van der Waals surface area (Å²) >= 11 is 0. The van der Waals surface area contributed by atoms with Crippen molar-refractivity contribution in [3.05, 3.63) is 88.9 Å². The molecule has 1 aliphatic rings. The van der Waals surface area contributed by atoms with Crippen LogP contribution in [0.3, 0.4) is 0 Å². The topological polar surface area (TPSA) is 152 Å². The van der Waals surface area contributed by atoms with Gasteiger partial charge >= 0.3 is 6.09 Å². The summed E-state index contributed by atoms with van der Waals surface area (Å²) in [6, 6.07) is 14.0. The fourth-order valence-electron chi connectivity index (χ4n) is 5.89. The molecule has 5 aromatic rings. The number of carbonyl (C=O) groups is 1. The van der Waals surface area contributed by atoms with Crippen LogP contribution in [-0.4, -0.2) is 64.0 Å². The van der Waals surface area contributed by atoms with Crippen molar-refractivity contribution in [2.24, 2.45) is 0 Å². The van der Waals surface area contributed by atoms with Crippen LogP contribution in [0.1, 0.15) is 51.2 Å². The molecule has 0 radical (unpaired) electrons. The normalized spacial score (nSPS) is 14.8. The number of anilines is 2. The minimum atomic E-state index is -0.716. The van der Waals surface area contributed by atoms with Gasteiger partial charge in [-0.25, -0.2) is 4.79 Å². The van der Waals surface area contributed by atoms with Crippen molar-refractivity contribution in [1.29, 1.82) is 5.26 Å². The molecular weight excluding hydrogens is 572 g/mol. The van der Waals surface area contributed by atoms with Gasteiger partial charge in [0.2, 0.25) is 0 Å². The maximum absolute atomic E-state index is 13.3. The summed E-state index contributed by atoms with van der Waals surface area (Å²) in [5.41, 5.74) is 1.79. The number of hydrogen-bond donors (Lipinski definition) is 2. The molecule has 6 rings (SSSR count). The van der Waals surface area contributed by atoms with E-state index >= 15 is 0 Å². The second-order valence-electron chi connectivity index (χ2n) is 12.4. The highest BCUT2D eigenvalue weighted by molar-refractivity contribution is 5.91. The summed E-state index contributed by atoms with van der Waals surface area (Å²) in [6.07, 6.45) is 9.65. The summed E-state index contributed by atoms with van der Waals surface area (Å²) in [7, 11) is 0. The first-order valence-electron chi connectivity index (χ1n) is 14.9. The van der Waals surface area contributed by atoms with Gasteiger partial charge in [-0.15, -0.1) is 0 Å². The SMILES string of the molecule is CC(C)(C)OC(=O)N1CCC(CC#N)(n2nc(Nc3cc(Cn4cccn4)cc(Cn4cccn4)c3)c3c(=O)[nH]ccc32)CC1. The number of fused-ring (bicyclic) bond motifs is 1. The van der Waals surface area contributed by atoms with E-state index in [-0.39, 0.29) is 18.1 Å². The quantitative estimate of drug-likeness (QED) is 0.259. The van der Waals surface area contributed by atoms with Gasteiger partial charge in [-0.2, -0.15) is 20.6 Å². The number of amides is 1. The van der Waals surface area contributed by atoms with Gasteiger partial charge in [0, 0.05) is 49.8 Å². The number of rotatable bonds is 8. The molecule has 13 nitrogen and oxygen atoms in total. The van der Waals surface area contributed by atoms with Gasteiger partial charge in [-0.1, -0.05) is 6.07 Å². The second-order valence-corrected chi connectivity index (χ2v) is 12.4.